The molecule has 0 aromatic heterocycles. The van der Waals surface area contributed by atoms with Gasteiger partial charge in [0.2, 0.25) is 0 Å². The van der Waals surface area contributed by atoms with E-state index in [2.05, 4.69) is 25.7 Å². The second-order valence-corrected chi connectivity index (χ2v) is 4.46. The van der Waals surface area contributed by atoms with Crippen LogP contribution < -0.4 is 4.74 Å². The number of rotatable bonds is 4. The largest absolute Gasteiger partial charge is 0.493 e. The van der Waals surface area contributed by atoms with E-state index < -0.39 is 0 Å². The summed E-state index contributed by atoms with van der Waals surface area (Å²) in [5.41, 5.74) is 2.10. The Hall–Kier alpha value is -1.46. The van der Waals surface area contributed by atoms with E-state index in [1.54, 1.807) is 0 Å². The third kappa shape index (κ3) is 4.93. The third-order valence-electron chi connectivity index (χ3n) is 2.24. The molecule has 0 bridgehead atoms. The van der Waals surface area contributed by atoms with Gasteiger partial charge in [0, 0.05) is 12.0 Å². The molecule has 1 aromatic carbocycles. The summed E-state index contributed by atoms with van der Waals surface area (Å²) in [6.07, 6.45) is 0.519. The molecule has 0 saturated heterocycles. The Morgan fingerprint density at radius 2 is 2.12 bits per heavy atom. The Bertz CT molecular complexity index is 411. The molecule has 2 heteroatoms. The van der Waals surface area contributed by atoms with E-state index in [1.165, 1.54) is 0 Å². The molecule has 1 N–H and O–H groups in total. The molecule has 17 heavy (non-hydrogen) atoms. The lowest BCUT2D eigenvalue weighted by Crippen LogP contribution is -2.04. The molecule has 0 fully saturated rings. The summed E-state index contributed by atoms with van der Waals surface area (Å²) in [7, 11) is 0. The molecule has 1 aromatic rings. The summed E-state index contributed by atoms with van der Waals surface area (Å²) >= 11 is 0. The first kappa shape index (κ1) is 13.6. The van der Waals surface area contributed by atoms with Gasteiger partial charge >= 0.3 is 0 Å². The first-order chi connectivity index (χ1) is 8.13. The van der Waals surface area contributed by atoms with Crippen molar-refractivity contribution in [1.29, 1.82) is 0 Å². The van der Waals surface area contributed by atoms with E-state index in [0.29, 0.717) is 12.3 Å². The highest BCUT2D eigenvalue weighted by Gasteiger charge is 2.00. The minimum atomic E-state index is 0.113. The Kier molecular flexibility index (Phi) is 5.59. The SMILES string of the molecule is Cc1cc(OCC(C)C)ccc1C#CCCO. The van der Waals surface area contributed by atoms with Crippen LogP contribution in [-0.2, 0) is 0 Å². The molecule has 0 unspecified atom stereocenters. The Morgan fingerprint density at radius 3 is 2.71 bits per heavy atom. The van der Waals surface area contributed by atoms with Crippen LogP contribution in [0.25, 0.3) is 0 Å². The summed E-state index contributed by atoms with van der Waals surface area (Å²) in [5.74, 6) is 7.38. The maximum absolute atomic E-state index is 8.66. The molecular formula is C15H20O2. The second kappa shape index (κ2) is 6.98. The van der Waals surface area contributed by atoms with Crippen LogP contribution in [0.15, 0.2) is 18.2 Å². The quantitative estimate of drug-likeness (QED) is 0.809. The highest BCUT2D eigenvalue weighted by atomic mass is 16.5. The molecule has 0 heterocycles. The van der Waals surface area contributed by atoms with Crippen molar-refractivity contribution in [2.45, 2.75) is 27.2 Å². The smallest absolute Gasteiger partial charge is 0.119 e. The molecule has 2 nitrogen and oxygen atoms in total. The second-order valence-electron chi connectivity index (χ2n) is 4.46. The summed E-state index contributed by atoms with van der Waals surface area (Å²) < 4.78 is 5.64. The van der Waals surface area contributed by atoms with Crippen LogP contribution in [0.3, 0.4) is 0 Å². The molecule has 0 aliphatic carbocycles. The van der Waals surface area contributed by atoms with Crippen LogP contribution >= 0.6 is 0 Å². The summed E-state index contributed by atoms with van der Waals surface area (Å²) in [6, 6.07) is 5.92. The van der Waals surface area contributed by atoms with Crippen LogP contribution in [0.5, 0.6) is 5.75 Å². The van der Waals surface area contributed by atoms with Gasteiger partial charge in [0.05, 0.1) is 13.2 Å². The zero-order valence-corrected chi connectivity index (χ0v) is 10.8. The molecular weight excluding hydrogens is 212 g/mol. The average Bonchev–Trinajstić information content (AvgIpc) is 2.29. The fourth-order valence-electron chi connectivity index (χ4n) is 1.34. The van der Waals surface area contributed by atoms with E-state index in [0.717, 1.165) is 23.5 Å². The van der Waals surface area contributed by atoms with Crippen LogP contribution in [-0.4, -0.2) is 18.3 Å². The third-order valence-corrected chi connectivity index (χ3v) is 2.24. The van der Waals surface area contributed by atoms with Gasteiger partial charge < -0.3 is 9.84 Å². The average molecular weight is 232 g/mol. The predicted molar refractivity (Wildman–Crippen MR) is 70.1 cm³/mol. The Morgan fingerprint density at radius 1 is 1.35 bits per heavy atom. The molecule has 1 rings (SSSR count). The highest BCUT2D eigenvalue weighted by Crippen LogP contribution is 2.17. The number of hydrogen-bond donors (Lipinski definition) is 1. The van der Waals surface area contributed by atoms with Crippen molar-refractivity contribution < 1.29 is 9.84 Å². The minimum Gasteiger partial charge on any atom is -0.493 e. The number of benzene rings is 1. The van der Waals surface area contributed by atoms with Gasteiger partial charge in [-0.15, -0.1) is 0 Å². The first-order valence-corrected chi connectivity index (χ1v) is 5.96. The van der Waals surface area contributed by atoms with Crippen molar-refractivity contribution in [3.8, 4) is 17.6 Å². The number of aryl methyl sites for hydroxylation is 1. The van der Waals surface area contributed by atoms with Gasteiger partial charge in [0.1, 0.15) is 5.75 Å². The standard InChI is InChI=1S/C15H20O2/c1-12(2)11-17-15-8-7-14(13(3)10-15)6-4-5-9-16/h7-8,10,12,16H,5,9,11H2,1-3H3. The first-order valence-electron chi connectivity index (χ1n) is 5.96. The zero-order chi connectivity index (χ0) is 12.7. The van der Waals surface area contributed by atoms with Crippen molar-refractivity contribution in [2.75, 3.05) is 13.2 Å². The fourth-order valence-corrected chi connectivity index (χ4v) is 1.34. The van der Waals surface area contributed by atoms with Crippen LogP contribution in [0, 0.1) is 24.7 Å². The molecule has 0 saturated carbocycles. The van der Waals surface area contributed by atoms with Gasteiger partial charge in [-0.2, -0.15) is 0 Å². The lowest BCUT2D eigenvalue weighted by Gasteiger charge is -2.09. The molecule has 0 aliphatic heterocycles. The Balaban J connectivity index is 2.70. The number of ether oxygens (including phenoxy) is 1. The molecule has 0 atom stereocenters. The lowest BCUT2D eigenvalue weighted by molar-refractivity contribution is 0.271. The van der Waals surface area contributed by atoms with Crippen molar-refractivity contribution in [2.24, 2.45) is 5.92 Å². The van der Waals surface area contributed by atoms with Gasteiger partial charge in [-0.05, 0) is 36.6 Å². The monoisotopic (exact) mass is 232 g/mol. The van der Waals surface area contributed by atoms with Gasteiger partial charge in [-0.1, -0.05) is 25.7 Å². The van der Waals surface area contributed by atoms with E-state index in [9.17, 15) is 0 Å². The van der Waals surface area contributed by atoms with Crippen LogP contribution in [0.4, 0.5) is 0 Å². The molecule has 0 spiro atoms. The Labute approximate surface area is 104 Å². The summed E-state index contributed by atoms with van der Waals surface area (Å²) in [6.45, 7) is 7.12. The van der Waals surface area contributed by atoms with E-state index in [1.807, 2.05) is 25.1 Å². The van der Waals surface area contributed by atoms with Crippen LogP contribution in [0.2, 0.25) is 0 Å². The van der Waals surface area contributed by atoms with Crippen molar-refractivity contribution in [1.82, 2.24) is 0 Å². The number of hydrogen-bond acceptors (Lipinski definition) is 2. The number of aliphatic hydroxyl groups is 1. The maximum Gasteiger partial charge on any atom is 0.119 e. The number of aliphatic hydroxyl groups excluding tert-OH is 1. The van der Waals surface area contributed by atoms with Gasteiger partial charge in [0.15, 0.2) is 0 Å². The lowest BCUT2D eigenvalue weighted by atomic mass is 10.1. The topological polar surface area (TPSA) is 29.5 Å². The molecule has 0 radical (unpaired) electrons. The maximum atomic E-state index is 8.66. The summed E-state index contributed by atoms with van der Waals surface area (Å²) in [4.78, 5) is 0. The van der Waals surface area contributed by atoms with E-state index in [-0.39, 0.29) is 6.61 Å². The molecule has 0 aliphatic rings. The van der Waals surface area contributed by atoms with E-state index in [4.69, 9.17) is 9.84 Å². The van der Waals surface area contributed by atoms with Crippen LogP contribution in [0.1, 0.15) is 31.4 Å². The normalized spacial score (nSPS) is 9.94. The van der Waals surface area contributed by atoms with E-state index >= 15 is 0 Å². The molecule has 0 amide bonds. The summed E-state index contributed by atoms with van der Waals surface area (Å²) in [5, 5.41) is 8.66. The van der Waals surface area contributed by atoms with Gasteiger partial charge in [-0.25, -0.2) is 0 Å². The van der Waals surface area contributed by atoms with Gasteiger partial charge in [-0.3, -0.25) is 0 Å². The predicted octanol–water partition coefficient (Wildman–Crippen LogP) is 2.76. The highest BCUT2D eigenvalue weighted by molar-refractivity contribution is 5.44. The zero-order valence-electron chi connectivity index (χ0n) is 10.8. The van der Waals surface area contributed by atoms with Gasteiger partial charge in [0.25, 0.3) is 0 Å². The van der Waals surface area contributed by atoms with Crippen molar-refractivity contribution in [3.63, 3.8) is 0 Å². The molecule has 92 valence electrons. The van der Waals surface area contributed by atoms with Crippen molar-refractivity contribution in [3.05, 3.63) is 29.3 Å². The fraction of sp³-hybridized carbons (Fsp3) is 0.467. The van der Waals surface area contributed by atoms with Crippen molar-refractivity contribution >= 4 is 0 Å². The minimum absolute atomic E-state index is 0.113.